The van der Waals surface area contributed by atoms with Gasteiger partial charge < -0.3 is 14.7 Å². The Hall–Kier alpha value is -2.37. The van der Waals surface area contributed by atoms with E-state index in [2.05, 4.69) is 5.94 Å². The fourth-order valence-corrected chi connectivity index (χ4v) is 3.57. The van der Waals surface area contributed by atoms with Crippen LogP contribution in [0.3, 0.4) is 0 Å². The molecule has 1 N–H and O–H groups in total. The molecule has 2 unspecified atom stereocenters. The first-order valence-corrected chi connectivity index (χ1v) is 9.89. The van der Waals surface area contributed by atoms with Crippen molar-refractivity contribution in [1.29, 1.82) is 0 Å². The highest BCUT2D eigenvalue weighted by Crippen LogP contribution is 2.25. The van der Waals surface area contributed by atoms with Crippen molar-refractivity contribution in [3.05, 3.63) is 70.6 Å². The lowest BCUT2D eigenvalue weighted by molar-refractivity contribution is 0.0263. The van der Waals surface area contributed by atoms with Gasteiger partial charge in [-0.15, -0.1) is 0 Å². The molecule has 0 radical (unpaired) electrons. The van der Waals surface area contributed by atoms with Gasteiger partial charge in [-0.3, -0.25) is 4.90 Å². The van der Waals surface area contributed by atoms with E-state index in [1.165, 1.54) is 12.1 Å². The molecule has 0 bridgehead atoms. The Morgan fingerprint density at radius 2 is 1.90 bits per heavy atom. The molecule has 2 aromatic rings. The van der Waals surface area contributed by atoms with E-state index in [4.69, 9.17) is 16.3 Å². The van der Waals surface area contributed by atoms with Crippen molar-refractivity contribution in [2.45, 2.75) is 32.0 Å². The SMILES string of the molecule is CC(O)CC1C(=C=O)N(Cc2ccc(F)cc2)CCN1COc1ccc(Cl)cc1. The van der Waals surface area contributed by atoms with Crippen LogP contribution in [0.15, 0.2) is 54.2 Å². The van der Waals surface area contributed by atoms with Gasteiger partial charge in [-0.25, -0.2) is 9.18 Å². The monoisotopic (exact) mass is 418 g/mol. The van der Waals surface area contributed by atoms with Crippen LogP contribution in [0.25, 0.3) is 0 Å². The Morgan fingerprint density at radius 1 is 1.21 bits per heavy atom. The topological polar surface area (TPSA) is 53.0 Å². The summed E-state index contributed by atoms with van der Waals surface area (Å²) in [4.78, 5) is 15.8. The summed E-state index contributed by atoms with van der Waals surface area (Å²) < 4.78 is 19.0. The molecule has 1 heterocycles. The van der Waals surface area contributed by atoms with Crippen molar-refractivity contribution < 1.29 is 19.0 Å². The van der Waals surface area contributed by atoms with E-state index >= 15 is 0 Å². The van der Waals surface area contributed by atoms with Gasteiger partial charge in [0.15, 0.2) is 0 Å². The van der Waals surface area contributed by atoms with Crippen molar-refractivity contribution in [3.8, 4) is 5.75 Å². The maximum Gasteiger partial charge on any atom is 0.147 e. The van der Waals surface area contributed by atoms with Crippen molar-refractivity contribution in [2.75, 3.05) is 19.8 Å². The van der Waals surface area contributed by atoms with E-state index in [0.29, 0.717) is 42.5 Å². The van der Waals surface area contributed by atoms with Gasteiger partial charge >= 0.3 is 0 Å². The van der Waals surface area contributed by atoms with Crippen LogP contribution >= 0.6 is 11.6 Å². The number of piperazine rings is 1. The van der Waals surface area contributed by atoms with Crippen LogP contribution in [0, 0.1) is 5.82 Å². The molecule has 1 saturated heterocycles. The highest BCUT2D eigenvalue weighted by molar-refractivity contribution is 6.30. The molecule has 1 fully saturated rings. The third-order valence-electron chi connectivity index (χ3n) is 4.92. The zero-order valence-corrected chi connectivity index (χ0v) is 17.0. The predicted octanol–water partition coefficient (Wildman–Crippen LogP) is 3.49. The molecule has 154 valence electrons. The van der Waals surface area contributed by atoms with Gasteiger partial charge in [-0.05, 0) is 55.3 Å². The quantitative estimate of drug-likeness (QED) is 0.697. The highest BCUT2D eigenvalue weighted by Gasteiger charge is 2.33. The molecule has 0 spiro atoms. The number of aliphatic hydroxyl groups is 1. The summed E-state index contributed by atoms with van der Waals surface area (Å²) in [6.45, 7) is 3.70. The minimum Gasteiger partial charge on any atom is -0.478 e. The molecule has 0 amide bonds. The lowest BCUT2D eigenvalue weighted by Gasteiger charge is -2.42. The van der Waals surface area contributed by atoms with Gasteiger partial charge in [0.25, 0.3) is 0 Å². The van der Waals surface area contributed by atoms with E-state index in [0.717, 1.165) is 5.56 Å². The number of benzene rings is 2. The summed E-state index contributed by atoms with van der Waals surface area (Å²) in [5.74, 6) is 2.45. The maximum atomic E-state index is 13.2. The van der Waals surface area contributed by atoms with E-state index in [1.807, 2.05) is 9.80 Å². The van der Waals surface area contributed by atoms with Crippen LogP contribution in [-0.2, 0) is 11.3 Å². The van der Waals surface area contributed by atoms with E-state index in [1.54, 1.807) is 43.3 Å². The molecule has 2 aromatic carbocycles. The lowest BCUT2D eigenvalue weighted by Crippen LogP contribution is -2.53. The molecule has 29 heavy (non-hydrogen) atoms. The zero-order valence-electron chi connectivity index (χ0n) is 16.2. The molecule has 2 atom stereocenters. The molecular formula is C22H24ClFN2O3. The van der Waals surface area contributed by atoms with Crippen LogP contribution in [0.4, 0.5) is 4.39 Å². The largest absolute Gasteiger partial charge is 0.478 e. The summed E-state index contributed by atoms with van der Waals surface area (Å²) >= 11 is 5.90. The third kappa shape index (κ3) is 5.81. The molecule has 0 aliphatic carbocycles. The van der Waals surface area contributed by atoms with Gasteiger partial charge in [0.2, 0.25) is 0 Å². The van der Waals surface area contributed by atoms with Crippen LogP contribution in [-0.4, -0.2) is 52.8 Å². The number of nitrogens with zero attached hydrogens (tertiary/aromatic N) is 2. The Bertz CT molecular complexity index is 851. The minimum absolute atomic E-state index is 0.272. The number of carbonyl (C=O) groups excluding carboxylic acids is 1. The average Bonchev–Trinajstić information content (AvgIpc) is 2.70. The summed E-state index contributed by atoms with van der Waals surface area (Å²) in [5.41, 5.74) is 1.38. The molecule has 7 heteroatoms. The minimum atomic E-state index is -0.591. The standard InChI is InChI=1S/C22H24ClFN2O3/c1-16(28)12-21-22(14-27)25(13-17-2-6-19(24)7-3-17)10-11-26(21)15-29-20-8-4-18(23)5-9-20/h2-9,16,21,28H,10-13,15H2,1H3. The molecule has 0 aromatic heterocycles. The maximum absolute atomic E-state index is 13.2. The van der Waals surface area contributed by atoms with Crippen LogP contribution in [0.1, 0.15) is 18.9 Å². The number of aliphatic hydroxyl groups excluding tert-OH is 1. The van der Waals surface area contributed by atoms with E-state index in [-0.39, 0.29) is 18.6 Å². The third-order valence-corrected chi connectivity index (χ3v) is 5.17. The van der Waals surface area contributed by atoms with Crippen LogP contribution < -0.4 is 4.74 Å². The second-order valence-electron chi connectivity index (χ2n) is 7.18. The number of hydrogen-bond donors (Lipinski definition) is 1. The van der Waals surface area contributed by atoms with Gasteiger partial charge in [-0.2, -0.15) is 0 Å². The first kappa shape index (κ1) is 21.3. The average molecular weight is 419 g/mol. The van der Waals surface area contributed by atoms with Gasteiger partial charge in [0, 0.05) is 24.7 Å². The summed E-state index contributed by atoms with van der Waals surface area (Å²) in [5, 5.41) is 10.6. The van der Waals surface area contributed by atoms with Crippen molar-refractivity contribution in [1.82, 2.24) is 9.80 Å². The van der Waals surface area contributed by atoms with Crippen molar-refractivity contribution >= 4 is 17.5 Å². The molecular weight excluding hydrogens is 395 g/mol. The normalized spacial score (nSPS) is 18.4. The Labute approximate surface area is 175 Å². The summed E-state index contributed by atoms with van der Waals surface area (Å²) in [7, 11) is 0. The van der Waals surface area contributed by atoms with E-state index < -0.39 is 6.10 Å². The number of halogens is 2. The molecule has 1 aliphatic heterocycles. The van der Waals surface area contributed by atoms with E-state index in [9.17, 15) is 14.3 Å². The van der Waals surface area contributed by atoms with Gasteiger partial charge in [-0.1, -0.05) is 23.7 Å². The van der Waals surface area contributed by atoms with Crippen molar-refractivity contribution in [2.24, 2.45) is 0 Å². The van der Waals surface area contributed by atoms with Crippen LogP contribution in [0.5, 0.6) is 5.75 Å². The second-order valence-corrected chi connectivity index (χ2v) is 7.61. The van der Waals surface area contributed by atoms with Crippen molar-refractivity contribution in [3.63, 3.8) is 0 Å². The molecule has 3 rings (SSSR count). The Balaban J connectivity index is 1.72. The number of rotatable bonds is 7. The summed E-state index contributed by atoms with van der Waals surface area (Å²) in [6.07, 6.45) is -0.207. The Morgan fingerprint density at radius 3 is 2.52 bits per heavy atom. The molecule has 5 nitrogen and oxygen atoms in total. The zero-order chi connectivity index (χ0) is 20.8. The van der Waals surface area contributed by atoms with Gasteiger partial charge in [0.05, 0.1) is 12.1 Å². The first-order valence-electron chi connectivity index (χ1n) is 9.51. The lowest BCUT2D eigenvalue weighted by atomic mass is 10.0. The predicted molar refractivity (Wildman–Crippen MR) is 110 cm³/mol. The smallest absolute Gasteiger partial charge is 0.147 e. The highest BCUT2D eigenvalue weighted by atomic mass is 35.5. The van der Waals surface area contributed by atoms with Gasteiger partial charge in [0.1, 0.15) is 29.9 Å². The fraction of sp³-hybridized carbons (Fsp3) is 0.364. The summed E-state index contributed by atoms with van der Waals surface area (Å²) in [6, 6.07) is 13.0. The molecule has 0 saturated carbocycles. The first-order chi connectivity index (χ1) is 14.0. The Kier molecular flexibility index (Phi) is 7.29. The fourth-order valence-electron chi connectivity index (χ4n) is 3.44. The number of ether oxygens (including phenoxy) is 1. The molecule has 1 aliphatic rings. The second kappa shape index (κ2) is 9.90. The van der Waals surface area contributed by atoms with Crippen LogP contribution in [0.2, 0.25) is 5.02 Å². The number of hydrogen-bond acceptors (Lipinski definition) is 5.